The molecule has 148 valence electrons. The number of alkyl halides is 3. The molecule has 0 fully saturated rings. The molecule has 1 aromatic carbocycles. The van der Waals surface area contributed by atoms with Gasteiger partial charge in [0.2, 0.25) is 0 Å². The van der Waals surface area contributed by atoms with Crippen molar-refractivity contribution in [2.24, 2.45) is 0 Å². The Labute approximate surface area is 158 Å². The molecule has 1 aromatic rings. The van der Waals surface area contributed by atoms with Crippen LogP contribution < -0.4 is 10.1 Å². The largest absolute Gasteiger partial charge is 0.573 e. The van der Waals surface area contributed by atoms with E-state index in [1.54, 1.807) is 0 Å². The number of ether oxygens (including phenoxy) is 2. The van der Waals surface area contributed by atoms with Gasteiger partial charge >= 0.3 is 12.3 Å². The van der Waals surface area contributed by atoms with Crippen LogP contribution in [-0.2, 0) is 14.3 Å². The van der Waals surface area contributed by atoms with E-state index in [0.29, 0.717) is 0 Å². The van der Waals surface area contributed by atoms with Crippen LogP contribution in [0.15, 0.2) is 27.9 Å². The van der Waals surface area contributed by atoms with Crippen LogP contribution >= 0.6 is 15.9 Å². The predicted octanol–water partition coefficient (Wildman–Crippen LogP) is 2.16. The number of aliphatic hydroxyl groups is 1. The molecule has 2 N–H and O–H groups in total. The number of benzene rings is 1. The molecule has 0 aliphatic carbocycles. The van der Waals surface area contributed by atoms with Crippen molar-refractivity contribution in [2.45, 2.75) is 6.36 Å². The van der Waals surface area contributed by atoms with Crippen molar-refractivity contribution in [3.63, 3.8) is 0 Å². The third kappa shape index (κ3) is 4.69. The Hall–Kier alpha value is -2.34. The summed E-state index contributed by atoms with van der Waals surface area (Å²) in [5.41, 5.74) is -1.14. The fourth-order valence-electron chi connectivity index (χ4n) is 2.34. The number of nitrogens with zero attached hydrogens (tertiary/aromatic N) is 1. The van der Waals surface area contributed by atoms with Gasteiger partial charge in [0, 0.05) is 11.0 Å². The summed E-state index contributed by atoms with van der Waals surface area (Å²) in [7, 11) is 1.06. The topological polar surface area (TPSA) is 88.1 Å². The Morgan fingerprint density at radius 1 is 1.41 bits per heavy atom. The summed E-state index contributed by atoms with van der Waals surface area (Å²) >= 11 is 2.96. The summed E-state index contributed by atoms with van der Waals surface area (Å²) in [6.45, 7) is -0.767. The minimum absolute atomic E-state index is 0.0479. The number of methoxy groups -OCH3 is 1. The van der Waals surface area contributed by atoms with Crippen molar-refractivity contribution in [1.82, 2.24) is 4.90 Å². The molecule has 0 bridgehead atoms. The highest BCUT2D eigenvalue weighted by Gasteiger charge is 2.37. The lowest BCUT2D eigenvalue weighted by Gasteiger charge is -2.18. The summed E-state index contributed by atoms with van der Waals surface area (Å²) in [5.74, 6) is -4.23. The maximum absolute atomic E-state index is 13.9. The van der Waals surface area contributed by atoms with Crippen LogP contribution in [0.2, 0.25) is 0 Å². The van der Waals surface area contributed by atoms with Crippen LogP contribution in [0.1, 0.15) is 0 Å². The Morgan fingerprint density at radius 2 is 2.07 bits per heavy atom. The van der Waals surface area contributed by atoms with Crippen molar-refractivity contribution < 1.29 is 41.7 Å². The van der Waals surface area contributed by atoms with Crippen molar-refractivity contribution in [2.75, 3.05) is 32.1 Å². The summed E-state index contributed by atoms with van der Waals surface area (Å²) in [6.07, 6.45) is -5.19. The van der Waals surface area contributed by atoms with Crippen molar-refractivity contribution >= 4 is 33.5 Å². The van der Waals surface area contributed by atoms with Gasteiger partial charge in [-0.05, 0) is 28.1 Å². The number of β-amino-alcohol motifs (C(OH)–C–C–N with tert-alkyl or cyclic N) is 1. The van der Waals surface area contributed by atoms with Gasteiger partial charge in [0.05, 0.1) is 31.5 Å². The van der Waals surface area contributed by atoms with Gasteiger partial charge in [-0.1, -0.05) is 0 Å². The number of amides is 1. The van der Waals surface area contributed by atoms with Gasteiger partial charge in [0.25, 0.3) is 5.91 Å². The summed E-state index contributed by atoms with van der Waals surface area (Å²) in [4.78, 5) is 25.4. The first-order valence-corrected chi connectivity index (χ1v) is 8.10. The van der Waals surface area contributed by atoms with Crippen molar-refractivity contribution in [3.05, 3.63) is 33.7 Å². The molecule has 12 heteroatoms. The zero-order chi connectivity index (χ0) is 20.4. The van der Waals surface area contributed by atoms with Crippen LogP contribution in [0.4, 0.5) is 23.2 Å². The fourth-order valence-corrected chi connectivity index (χ4v) is 2.75. The molecular weight excluding hydrogens is 444 g/mol. The Kier molecular flexibility index (Phi) is 6.31. The first-order chi connectivity index (χ1) is 12.6. The van der Waals surface area contributed by atoms with E-state index in [4.69, 9.17) is 5.11 Å². The number of hydrogen-bond donors (Lipinski definition) is 2. The summed E-state index contributed by atoms with van der Waals surface area (Å²) < 4.78 is 60.0. The number of carbonyl (C=O) groups excluding carboxylic acids is 2. The number of rotatable bonds is 6. The number of carbonyl (C=O) groups is 2. The predicted molar refractivity (Wildman–Crippen MR) is 87.1 cm³/mol. The van der Waals surface area contributed by atoms with E-state index < -0.39 is 47.8 Å². The average Bonchev–Trinajstić information content (AvgIpc) is 2.89. The molecule has 0 saturated heterocycles. The molecule has 0 atom stereocenters. The molecule has 0 aromatic heterocycles. The van der Waals surface area contributed by atoms with E-state index >= 15 is 0 Å². The number of esters is 1. The van der Waals surface area contributed by atoms with E-state index in [1.807, 2.05) is 0 Å². The lowest BCUT2D eigenvalue weighted by molar-refractivity contribution is -0.275. The molecule has 0 spiro atoms. The number of hydrogen-bond acceptors (Lipinski definition) is 6. The number of nitrogens with one attached hydrogen (secondary N) is 1. The highest BCUT2D eigenvalue weighted by molar-refractivity contribution is 9.10. The third-order valence-corrected chi connectivity index (χ3v) is 4.14. The van der Waals surface area contributed by atoms with Crippen LogP contribution in [0.3, 0.4) is 0 Å². The number of halogens is 5. The SMILES string of the molecule is COC(=O)C1=C(Nc2c(Br)ccc(F)c2OC(F)(F)F)C(=O)N(CCO)C1. The molecule has 27 heavy (non-hydrogen) atoms. The smallest absolute Gasteiger partial charge is 0.466 e. The minimum atomic E-state index is -5.19. The molecule has 1 aliphatic rings. The van der Waals surface area contributed by atoms with Gasteiger partial charge in [0.15, 0.2) is 11.6 Å². The van der Waals surface area contributed by atoms with Gasteiger partial charge < -0.3 is 24.8 Å². The zero-order valence-electron chi connectivity index (χ0n) is 13.7. The van der Waals surface area contributed by atoms with Crippen LogP contribution in [-0.4, -0.2) is 55.1 Å². The fraction of sp³-hybridized carbons (Fsp3) is 0.333. The third-order valence-electron chi connectivity index (χ3n) is 3.48. The Bertz CT molecular complexity index is 797. The number of anilines is 1. The molecule has 1 amide bonds. The van der Waals surface area contributed by atoms with E-state index in [9.17, 15) is 27.2 Å². The quantitative estimate of drug-likeness (QED) is 0.503. The van der Waals surface area contributed by atoms with E-state index in [-0.39, 0.29) is 23.1 Å². The summed E-state index contributed by atoms with van der Waals surface area (Å²) in [5, 5.41) is 11.3. The molecule has 1 aliphatic heterocycles. The van der Waals surface area contributed by atoms with E-state index in [2.05, 4.69) is 30.7 Å². The molecular formula is C15H13BrF4N2O5. The maximum Gasteiger partial charge on any atom is 0.573 e. The second-order valence-electron chi connectivity index (χ2n) is 5.20. The highest BCUT2D eigenvalue weighted by atomic mass is 79.9. The minimum Gasteiger partial charge on any atom is -0.466 e. The highest BCUT2D eigenvalue weighted by Crippen LogP contribution is 2.40. The standard InChI is InChI=1S/C15H13BrF4N2O5/c1-26-14(25)7-6-22(4-5-23)13(24)10(7)21-11-8(16)2-3-9(17)12(11)27-15(18,19)20/h2-3,21,23H,4-6H2,1H3. The second-order valence-corrected chi connectivity index (χ2v) is 6.06. The number of aliphatic hydroxyl groups excluding tert-OH is 1. The molecule has 1 heterocycles. The van der Waals surface area contributed by atoms with Gasteiger partial charge in [-0.25, -0.2) is 9.18 Å². The summed E-state index contributed by atoms with van der Waals surface area (Å²) in [6, 6.07) is 1.84. The Morgan fingerprint density at radius 3 is 2.63 bits per heavy atom. The lowest BCUT2D eigenvalue weighted by atomic mass is 10.2. The maximum atomic E-state index is 13.9. The molecule has 7 nitrogen and oxygen atoms in total. The molecule has 0 radical (unpaired) electrons. The molecule has 0 saturated carbocycles. The van der Waals surface area contributed by atoms with Crippen molar-refractivity contribution in [1.29, 1.82) is 0 Å². The van der Waals surface area contributed by atoms with Crippen LogP contribution in [0.5, 0.6) is 5.75 Å². The van der Waals surface area contributed by atoms with Crippen LogP contribution in [0, 0.1) is 5.82 Å². The van der Waals surface area contributed by atoms with Crippen molar-refractivity contribution in [3.8, 4) is 5.75 Å². The van der Waals surface area contributed by atoms with Crippen LogP contribution in [0.25, 0.3) is 0 Å². The first kappa shape index (κ1) is 21.0. The van der Waals surface area contributed by atoms with Gasteiger partial charge in [-0.2, -0.15) is 0 Å². The average molecular weight is 457 g/mol. The van der Waals surface area contributed by atoms with Gasteiger partial charge in [-0.3, -0.25) is 4.79 Å². The van der Waals surface area contributed by atoms with Gasteiger partial charge in [-0.15, -0.1) is 13.2 Å². The molecule has 0 unspecified atom stereocenters. The first-order valence-electron chi connectivity index (χ1n) is 7.31. The van der Waals surface area contributed by atoms with Gasteiger partial charge in [0.1, 0.15) is 5.70 Å². The monoisotopic (exact) mass is 456 g/mol. The molecule has 2 rings (SSSR count). The second kappa shape index (κ2) is 8.13. The Balaban J connectivity index is 2.51. The zero-order valence-corrected chi connectivity index (χ0v) is 15.3. The normalized spacial score (nSPS) is 14.6. The van der Waals surface area contributed by atoms with E-state index in [0.717, 1.165) is 24.1 Å². The van der Waals surface area contributed by atoms with E-state index in [1.165, 1.54) is 0 Å². The lowest BCUT2D eigenvalue weighted by Crippen LogP contribution is -2.31.